The number of nitrogens with zero attached hydrogens (tertiary/aromatic N) is 1. The molecule has 0 radical (unpaired) electrons. The fraction of sp³-hybridized carbons (Fsp3) is 0.533. The van der Waals surface area contributed by atoms with E-state index in [1.54, 1.807) is 0 Å². The fourth-order valence-corrected chi connectivity index (χ4v) is 4.33. The minimum absolute atomic E-state index is 0.250. The first-order chi connectivity index (χ1) is 16.7. The Bertz CT molecular complexity index is 837. The number of rotatable bonds is 15. The van der Waals surface area contributed by atoms with Gasteiger partial charge in [-0.2, -0.15) is 11.8 Å². The van der Waals surface area contributed by atoms with Crippen LogP contribution in [-0.4, -0.2) is 34.1 Å². The molecule has 0 saturated heterocycles. The first-order valence-electron chi connectivity index (χ1n) is 12.6. The Morgan fingerprint density at radius 3 is 1.97 bits per heavy atom. The number of pyridine rings is 1. The maximum Gasteiger partial charge on any atom is 0.290 e. The minimum atomic E-state index is -0.250. The lowest BCUT2D eigenvalue weighted by Crippen LogP contribution is -2.18. The molecule has 0 aliphatic rings. The Kier molecular flexibility index (Phi) is 19.7. The Morgan fingerprint density at radius 2 is 1.46 bits per heavy atom. The third-order valence-corrected chi connectivity index (χ3v) is 6.49. The molecule has 196 valence electrons. The number of allylic oxidation sites excluding steroid dienone is 7. The molecule has 2 N–H and O–H groups in total. The van der Waals surface area contributed by atoms with Crippen LogP contribution >= 0.6 is 11.8 Å². The molecular weight excluding hydrogens is 452 g/mol. The average Bonchev–Trinajstić information content (AvgIpc) is 2.77. The summed E-state index contributed by atoms with van der Waals surface area (Å²) in [4.78, 5) is 12.9. The smallest absolute Gasteiger partial charge is 0.290 e. The molecule has 1 aromatic rings. The first kappa shape index (κ1) is 32.7. The Balaban J connectivity index is 0.00000365. The lowest BCUT2D eigenvalue weighted by Gasteiger charge is -2.14. The largest absolute Gasteiger partial charge is 0.483 e. The van der Waals surface area contributed by atoms with Gasteiger partial charge in [0.1, 0.15) is 5.82 Å². The Hall–Kier alpha value is -2.27. The molecule has 0 amide bonds. The van der Waals surface area contributed by atoms with Crippen LogP contribution in [0.25, 0.3) is 0 Å². The first-order valence-corrected chi connectivity index (χ1v) is 13.8. The molecule has 5 heteroatoms. The van der Waals surface area contributed by atoms with E-state index < -0.39 is 0 Å². The third kappa shape index (κ3) is 20.8. The van der Waals surface area contributed by atoms with E-state index in [1.807, 2.05) is 30.8 Å². The van der Waals surface area contributed by atoms with Crippen LogP contribution in [0.1, 0.15) is 85.8 Å². The molecule has 1 aromatic heterocycles. The van der Waals surface area contributed by atoms with Crippen LogP contribution in [0.4, 0.5) is 5.82 Å². The lowest BCUT2D eigenvalue weighted by atomic mass is 10.0. The van der Waals surface area contributed by atoms with E-state index in [2.05, 4.69) is 82.2 Å². The van der Waals surface area contributed by atoms with Crippen molar-refractivity contribution < 1.29 is 9.90 Å². The standard InChI is InChI=1S/C29H46N2S.CH2O2/c1-23(2)12-8-13-24(3)14-9-15-25(4)16-10-17-26(5)20-21-32-22-28(7)31-29-19-11-18-27(6)30-29;2-1-3/h11-12,14,16,18-20,28H,8-10,13,15,17,21-22H2,1-7H3,(H,30,31);1H,(H,2,3)/b24-14+,25-16+,26-20+;. The van der Waals surface area contributed by atoms with Crippen LogP contribution in [0.2, 0.25) is 0 Å². The van der Waals surface area contributed by atoms with Gasteiger partial charge < -0.3 is 10.4 Å². The highest BCUT2D eigenvalue weighted by Crippen LogP contribution is 2.15. The minimum Gasteiger partial charge on any atom is -0.483 e. The summed E-state index contributed by atoms with van der Waals surface area (Å²) in [5, 5.41) is 10.4. The summed E-state index contributed by atoms with van der Waals surface area (Å²) in [6.45, 7) is 15.2. The van der Waals surface area contributed by atoms with Crippen molar-refractivity contribution >= 4 is 24.1 Å². The van der Waals surface area contributed by atoms with Gasteiger partial charge in [-0.15, -0.1) is 0 Å². The van der Waals surface area contributed by atoms with E-state index >= 15 is 0 Å². The highest BCUT2D eigenvalue weighted by atomic mass is 32.2. The van der Waals surface area contributed by atoms with E-state index in [4.69, 9.17) is 9.90 Å². The molecule has 0 bridgehead atoms. The van der Waals surface area contributed by atoms with E-state index in [0.29, 0.717) is 6.04 Å². The fourth-order valence-electron chi connectivity index (χ4n) is 3.35. The highest BCUT2D eigenvalue weighted by molar-refractivity contribution is 7.99. The second-order valence-corrected chi connectivity index (χ2v) is 10.5. The van der Waals surface area contributed by atoms with Crippen LogP contribution in [0, 0.1) is 6.92 Å². The van der Waals surface area contributed by atoms with Crippen molar-refractivity contribution in [2.24, 2.45) is 0 Å². The van der Waals surface area contributed by atoms with Crippen molar-refractivity contribution in [1.82, 2.24) is 4.98 Å². The summed E-state index contributed by atoms with van der Waals surface area (Å²) >= 11 is 1.98. The van der Waals surface area contributed by atoms with Gasteiger partial charge in [-0.25, -0.2) is 4.98 Å². The molecule has 0 spiro atoms. The number of carboxylic acid groups (broad SMARTS) is 1. The molecule has 0 fully saturated rings. The number of hydrogen-bond acceptors (Lipinski definition) is 4. The normalized spacial score (nSPS) is 12.9. The van der Waals surface area contributed by atoms with Gasteiger partial charge in [0.2, 0.25) is 0 Å². The molecule has 1 atom stereocenters. The van der Waals surface area contributed by atoms with Crippen LogP contribution in [0.3, 0.4) is 0 Å². The summed E-state index contributed by atoms with van der Waals surface area (Å²) < 4.78 is 0. The summed E-state index contributed by atoms with van der Waals surface area (Å²) in [6.07, 6.45) is 16.6. The second-order valence-electron chi connectivity index (χ2n) is 9.40. The van der Waals surface area contributed by atoms with Gasteiger partial charge in [0.25, 0.3) is 6.47 Å². The summed E-state index contributed by atoms with van der Waals surface area (Å²) in [7, 11) is 0. The van der Waals surface area contributed by atoms with Gasteiger partial charge in [0, 0.05) is 23.2 Å². The molecule has 0 aromatic carbocycles. The summed E-state index contributed by atoms with van der Waals surface area (Å²) in [5.74, 6) is 3.14. The van der Waals surface area contributed by atoms with E-state index in [1.165, 1.54) is 48.0 Å². The van der Waals surface area contributed by atoms with Crippen LogP contribution < -0.4 is 5.32 Å². The zero-order valence-electron chi connectivity index (χ0n) is 23.1. The zero-order valence-corrected chi connectivity index (χ0v) is 23.9. The summed E-state index contributed by atoms with van der Waals surface area (Å²) in [5.41, 5.74) is 7.01. The molecule has 35 heavy (non-hydrogen) atoms. The van der Waals surface area contributed by atoms with Crippen LogP contribution in [0.15, 0.2) is 64.8 Å². The van der Waals surface area contributed by atoms with Gasteiger partial charge in [0.15, 0.2) is 0 Å². The summed E-state index contributed by atoms with van der Waals surface area (Å²) in [6, 6.07) is 6.54. The van der Waals surface area contributed by atoms with Crippen LogP contribution in [0.5, 0.6) is 0 Å². The molecule has 1 unspecified atom stereocenters. The number of aromatic nitrogens is 1. The van der Waals surface area contributed by atoms with Crippen molar-refractivity contribution in [2.75, 3.05) is 16.8 Å². The molecule has 1 rings (SSSR count). The van der Waals surface area contributed by atoms with Gasteiger partial charge in [-0.3, -0.25) is 4.79 Å². The molecule has 4 nitrogen and oxygen atoms in total. The molecular formula is C30H48N2O2S. The van der Waals surface area contributed by atoms with Gasteiger partial charge >= 0.3 is 0 Å². The number of thioether (sulfide) groups is 1. The predicted octanol–water partition coefficient (Wildman–Crippen LogP) is 8.77. The number of carbonyl (C=O) groups is 1. The van der Waals surface area contributed by atoms with Gasteiger partial charge in [-0.05, 0) is 99.1 Å². The molecule has 0 aliphatic heterocycles. The molecule has 0 aliphatic carbocycles. The van der Waals surface area contributed by atoms with E-state index in [-0.39, 0.29) is 6.47 Å². The number of anilines is 1. The van der Waals surface area contributed by atoms with Gasteiger partial charge in [0.05, 0.1) is 0 Å². The van der Waals surface area contributed by atoms with Crippen molar-refractivity contribution in [3.05, 3.63) is 70.5 Å². The second kappa shape index (κ2) is 21.0. The quantitative estimate of drug-likeness (QED) is 0.143. The van der Waals surface area contributed by atoms with E-state index in [0.717, 1.165) is 35.9 Å². The van der Waals surface area contributed by atoms with Crippen molar-refractivity contribution in [3.8, 4) is 0 Å². The number of nitrogens with one attached hydrogen (secondary N) is 1. The zero-order chi connectivity index (χ0) is 26.5. The molecule has 0 saturated carbocycles. The third-order valence-electron chi connectivity index (χ3n) is 5.35. The highest BCUT2D eigenvalue weighted by Gasteiger charge is 2.03. The van der Waals surface area contributed by atoms with Crippen LogP contribution in [-0.2, 0) is 4.79 Å². The maximum absolute atomic E-state index is 8.36. The predicted molar refractivity (Wildman–Crippen MR) is 156 cm³/mol. The number of aryl methyl sites for hydroxylation is 1. The van der Waals surface area contributed by atoms with Crippen molar-refractivity contribution in [1.29, 1.82) is 0 Å². The number of hydrogen-bond donors (Lipinski definition) is 2. The topological polar surface area (TPSA) is 62.2 Å². The SMILES string of the molecule is CC(C)=CCC/C(C)=C/CC/C(C)=C/CC/C(C)=C/CSCC(C)Nc1cccc(C)n1.O=CO. The monoisotopic (exact) mass is 500 g/mol. The Morgan fingerprint density at radius 1 is 0.943 bits per heavy atom. The van der Waals surface area contributed by atoms with Gasteiger partial charge in [-0.1, -0.05) is 52.7 Å². The lowest BCUT2D eigenvalue weighted by molar-refractivity contribution is -0.122. The molecule has 1 heterocycles. The maximum atomic E-state index is 8.36. The van der Waals surface area contributed by atoms with Crippen molar-refractivity contribution in [2.45, 2.75) is 93.0 Å². The van der Waals surface area contributed by atoms with E-state index in [9.17, 15) is 0 Å². The van der Waals surface area contributed by atoms with Crippen molar-refractivity contribution in [3.63, 3.8) is 0 Å². The average molecular weight is 501 g/mol. The Labute approximate surface area is 219 Å².